The topological polar surface area (TPSA) is 92.8 Å². The molecule has 1 amide bonds. The minimum absolute atomic E-state index is 0.143. The molecule has 7 nitrogen and oxygen atoms in total. The van der Waals surface area contributed by atoms with Gasteiger partial charge in [-0.05, 0) is 62.4 Å². The molecule has 1 aromatic carbocycles. The number of thiophene rings is 1. The number of esters is 1. The fraction of sp³-hybridized carbons (Fsp3) is 0.455. The van der Waals surface area contributed by atoms with Crippen LogP contribution in [-0.2, 0) is 27.6 Å². The van der Waals surface area contributed by atoms with Crippen molar-refractivity contribution in [2.75, 3.05) is 25.5 Å². The summed E-state index contributed by atoms with van der Waals surface area (Å²) >= 11 is 1.41. The van der Waals surface area contributed by atoms with Crippen molar-refractivity contribution in [2.45, 2.75) is 50.8 Å². The molecule has 3 rings (SSSR count). The number of rotatable bonds is 9. The molecule has 0 radical (unpaired) electrons. The lowest BCUT2D eigenvalue weighted by atomic mass is 10.1. The summed E-state index contributed by atoms with van der Waals surface area (Å²) in [6.07, 6.45) is 4.36. The number of hydrogen-bond donors (Lipinski definition) is 1. The SMILES string of the molecule is CCCCN(C)S(=O)(=O)c1ccc(C(=O)Nc2sc3c(c2C(=O)OCC)CCC3)cc1. The van der Waals surface area contributed by atoms with Crippen molar-refractivity contribution in [3.8, 4) is 0 Å². The Hall–Kier alpha value is -2.23. The highest BCUT2D eigenvalue weighted by atomic mass is 32.2. The highest BCUT2D eigenvalue weighted by molar-refractivity contribution is 7.89. The fourth-order valence-electron chi connectivity index (χ4n) is 3.55. The van der Waals surface area contributed by atoms with Gasteiger partial charge in [-0.1, -0.05) is 13.3 Å². The van der Waals surface area contributed by atoms with E-state index in [4.69, 9.17) is 4.74 Å². The van der Waals surface area contributed by atoms with Gasteiger partial charge in [0.15, 0.2) is 0 Å². The summed E-state index contributed by atoms with van der Waals surface area (Å²) in [6.45, 7) is 4.46. The number of nitrogens with one attached hydrogen (secondary N) is 1. The first-order valence-corrected chi connectivity index (χ1v) is 12.7. The minimum Gasteiger partial charge on any atom is -0.462 e. The molecule has 168 valence electrons. The number of nitrogens with zero attached hydrogens (tertiary/aromatic N) is 1. The number of fused-ring (bicyclic) bond motifs is 1. The van der Waals surface area contributed by atoms with Crippen LogP contribution in [0.2, 0.25) is 0 Å². The molecule has 31 heavy (non-hydrogen) atoms. The number of amides is 1. The van der Waals surface area contributed by atoms with Gasteiger partial charge in [-0.3, -0.25) is 4.79 Å². The summed E-state index contributed by atoms with van der Waals surface area (Å²) in [7, 11) is -2.04. The Morgan fingerprint density at radius 1 is 1.16 bits per heavy atom. The summed E-state index contributed by atoms with van der Waals surface area (Å²) in [6, 6.07) is 5.85. The lowest BCUT2D eigenvalue weighted by Gasteiger charge is -2.17. The molecule has 9 heteroatoms. The third kappa shape index (κ3) is 4.99. The Kier molecular flexibility index (Phi) is 7.51. The molecule has 1 aliphatic rings. The van der Waals surface area contributed by atoms with Crippen LogP contribution >= 0.6 is 11.3 Å². The number of unbranched alkanes of at least 4 members (excludes halogenated alkanes) is 1. The number of anilines is 1. The predicted octanol–water partition coefficient (Wildman–Crippen LogP) is 4.09. The maximum absolute atomic E-state index is 12.8. The van der Waals surface area contributed by atoms with Gasteiger partial charge in [0.05, 0.1) is 17.1 Å². The second kappa shape index (κ2) is 9.93. The average Bonchev–Trinajstić information content (AvgIpc) is 3.32. The minimum atomic E-state index is -3.59. The van der Waals surface area contributed by atoms with Crippen LogP contribution in [0.15, 0.2) is 29.2 Å². The van der Waals surface area contributed by atoms with Crippen molar-refractivity contribution < 1.29 is 22.7 Å². The largest absolute Gasteiger partial charge is 0.462 e. The van der Waals surface area contributed by atoms with Crippen LogP contribution in [0, 0.1) is 0 Å². The number of benzene rings is 1. The van der Waals surface area contributed by atoms with Gasteiger partial charge in [0, 0.05) is 24.0 Å². The van der Waals surface area contributed by atoms with Crippen LogP contribution in [0.3, 0.4) is 0 Å². The van der Waals surface area contributed by atoms with Crippen molar-refractivity contribution in [3.63, 3.8) is 0 Å². The third-order valence-corrected chi connectivity index (χ3v) is 8.36. The Morgan fingerprint density at radius 3 is 2.52 bits per heavy atom. The zero-order valence-electron chi connectivity index (χ0n) is 18.1. The molecule has 0 atom stereocenters. The van der Waals surface area contributed by atoms with E-state index < -0.39 is 21.9 Å². The summed E-state index contributed by atoms with van der Waals surface area (Å²) in [5, 5.41) is 3.31. The first-order valence-electron chi connectivity index (χ1n) is 10.5. The van der Waals surface area contributed by atoms with Crippen LogP contribution in [0.25, 0.3) is 0 Å². The quantitative estimate of drug-likeness (QED) is 0.565. The van der Waals surface area contributed by atoms with Crippen molar-refractivity contribution in [2.24, 2.45) is 0 Å². The smallest absolute Gasteiger partial charge is 0.341 e. The van der Waals surface area contributed by atoms with E-state index in [2.05, 4.69) is 5.32 Å². The van der Waals surface area contributed by atoms with Crippen LogP contribution in [0.5, 0.6) is 0 Å². The second-order valence-corrected chi connectivity index (χ2v) is 10.6. The van der Waals surface area contributed by atoms with E-state index in [-0.39, 0.29) is 11.5 Å². The van der Waals surface area contributed by atoms with Gasteiger partial charge < -0.3 is 10.1 Å². The van der Waals surface area contributed by atoms with E-state index in [1.54, 1.807) is 14.0 Å². The van der Waals surface area contributed by atoms with Crippen molar-refractivity contribution in [1.82, 2.24) is 4.31 Å². The molecule has 0 bridgehead atoms. The van der Waals surface area contributed by atoms with E-state index in [0.717, 1.165) is 42.5 Å². The predicted molar refractivity (Wildman–Crippen MR) is 121 cm³/mol. The molecular formula is C22H28N2O5S2. The number of aryl methyl sites for hydroxylation is 1. The molecule has 1 heterocycles. The van der Waals surface area contributed by atoms with Crippen LogP contribution in [-0.4, -0.2) is 44.8 Å². The van der Waals surface area contributed by atoms with Gasteiger partial charge in [-0.15, -0.1) is 11.3 Å². The molecule has 0 saturated carbocycles. The summed E-state index contributed by atoms with van der Waals surface area (Å²) in [5.74, 6) is -0.817. The van der Waals surface area contributed by atoms with Crippen LogP contribution < -0.4 is 5.32 Å². The molecule has 1 aliphatic carbocycles. The van der Waals surface area contributed by atoms with E-state index in [1.165, 1.54) is 39.9 Å². The third-order valence-electron chi connectivity index (χ3n) is 5.28. The van der Waals surface area contributed by atoms with Gasteiger partial charge in [0.2, 0.25) is 10.0 Å². The van der Waals surface area contributed by atoms with Crippen LogP contribution in [0.4, 0.5) is 5.00 Å². The van der Waals surface area contributed by atoms with Crippen molar-refractivity contribution in [3.05, 3.63) is 45.8 Å². The van der Waals surface area contributed by atoms with E-state index in [1.807, 2.05) is 6.92 Å². The Bertz CT molecular complexity index is 1060. The Balaban J connectivity index is 1.79. The van der Waals surface area contributed by atoms with Gasteiger partial charge in [0.1, 0.15) is 5.00 Å². The maximum atomic E-state index is 12.8. The monoisotopic (exact) mass is 464 g/mol. The molecule has 0 saturated heterocycles. The standard InChI is InChI=1S/C22H28N2O5S2/c1-4-6-14-24(3)31(27,28)16-12-10-15(11-13-16)20(25)23-21-19(22(26)29-5-2)17-8-7-9-18(17)30-21/h10-13H,4-9,14H2,1-3H3,(H,23,25). The zero-order valence-corrected chi connectivity index (χ0v) is 19.7. The molecule has 0 spiro atoms. The Morgan fingerprint density at radius 2 is 1.87 bits per heavy atom. The lowest BCUT2D eigenvalue weighted by molar-refractivity contribution is 0.0527. The molecule has 1 aromatic heterocycles. The summed E-state index contributed by atoms with van der Waals surface area (Å²) in [5.41, 5.74) is 1.73. The van der Waals surface area contributed by atoms with Gasteiger partial charge in [0.25, 0.3) is 5.91 Å². The normalized spacial score (nSPS) is 13.3. The average molecular weight is 465 g/mol. The zero-order chi connectivity index (χ0) is 22.6. The summed E-state index contributed by atoms with van der Waals surface area (Å²) < 4.78 is 31.8. The fourth-order valence-corrected chi connectivity index (χ4v) is 6.03. The molecule has 0 unspecified atom stereocenters. The first kappa shape index (κ1) is 23.4. The highest BCUT2D eigenvalue weighted by Crippen LogP contribution is 2.39. The van der Waals surface area contributed by atoms with E-state index in [9.17, 15) is 18.0 Å². The van der Waals surface area contributed by atoms with E-state index in [0.29, 0.717) is 22.7 Å². The molecule has 2 aromatic rings. The number of ether oxygens (including phenoxy) is 1. The van der Waals surface area contributed by atoms with Crippen molar-refractivity contribution in [1.29, 1.82) is 0 Å². The van der Waals surface area contributed by atoms with Gasteiger partial charge >= 0.3 is 5.97 Å². The molecular weight excluding hydrogens is 436 g/mol. The number of carbonyl (C=O) groups excluding carboxylic acids is 2. The number of hydrogen-bond acceptors (Lipinski definition) is 6. The van der Waals surface area contributed by atoms with Crippen LogP contribution in [0.1, 0.15) is 64.3 Å². The molecule has 0 aliphatic heterocycles. The Labute approximate surface area is 187 Å². The first-order chi connectivity index (χ1) is 14.8. The molecule has 0 fully saturated rings. The van der Waals surface area contributed by atoms with Crippen molar-refractivity contribution >= 4 is 38.2 Å². The lowest BCUT2D eigenvalue weighted by Crippen LogP contribution is -2.28. The number of carbonyl (C=O) groups is 2. The summed E-state index contributed by atoms with van der Waals surface area (Å²) in [4.78, 5) is 26.5. The van der Waals surface area contributed by atoms with Gasteiger partial charge in [-0.25, -0.2) is 17.5 Å². The molecule has 1 N–H and O–H groups in total. The highest BCUT2D eigenvalue weighted by Gasteiger charge is 2.28. The maximum Gasteiger partial charge on any atom is 0.341 e. The second-order valence-electron chi connectivity index (χ2n) is 7.44. The van der Waals surface area contributed by atoms with E-state index >= 15 is 0 Å². The van der Waals surface area contributed by atoms with Gasteiger partial charge in [-0.2, -0.15) is 0 Å². The number of sulfonamides is 1.